The fourth-order valence-corrected chi connectivity index (χ4v) is 3.84. The molecule has 1 aliphatic carbocycles. The van der Waals surface area contributed by atoms with Crippen molar-refractivity contribution in [2.24, 2.45) is 5.41 Å². The first-order chi connectivity index (χ1) is 6.17. The monoisotopic (exact) mass is 202 g/mol. The highest BCUT2D eigenvalue weighted by molar-refractivity contribution is 8.00. The molecule has 2 fully saturated rings. The van der Waals surface area contributed by atoms with Crippen molar-refractivity contribution in [1.29, 1.82) is 0 Å². The second-order valence-corrected chi connectivity index (χ2v) is 5.29. The van der Waals surface area contributed by atoms with Crippen molar-refractivity contribution in [1.82, 2.24) is 0 Å². The average Bonchev–Trinajstić information content (AvgIpc) is 2.72. The highest BCUT2D eigenvalue weighted by Crippen LogP contribution is 2.58. The van der Waals surface area contributed by atoms with Crippen molar-refractivity contribution in [2.45, 2.75) is 37.0 Å². The largest absolute Gasteiger partial charge is 0.479 e. The summed E-state index contributed by atoms with van der Waals surface area (Å²) in [5.41, 5.74) is -0.271. The third-order valence-corrected chi connectivity index (χ3v) is 4.81. The Morgan fingerprint density at radius 2 is 2.23 bits per heavy atom. The molecular weight excluding hydrogens is 188 g/mol. The second-order valence-electron chi connectivity index (χ2n) is 3.98. The van der Waals surface area contributed by atoms with Crippen LogP contribution in [-0.2, 0) is 4.79 Å². The van der Waals surface area contributed by atoms with Gasteiger partial charge in [0, 0.05) is 10.7 Å². The molecule has 2 unspecified atom stereocenters. The van der Waals surface area contributed by atoms with Crippen LogP contribution in [0.2, 0.25) is 0 Å². The number of carboxylic acid groups (broad SMARTS) is 1. The van der Waals surface area contributed by atoms with Gasteiger partial charge in [-0.3, -0.25) is 0 Å². The molecule has 2 atom stereocenters. The van der Waals surface area contributed by atoms with Gasteiger partial charge in [-0.2, -0.15) is 11.8 Å². The van der Waals surface area contributed by atoms with Gasteiger partial charge >= 0.3 is 5.97 Å². The predicted octanol–water partition coefficient (Wildman–Crippen LogP) is 1.11. The van der Waals surface area contributed by atoms with Crippen molar-refractivity contribution in [2.75, 3.05) is 5.75 Å². The molecular formula is C9H14O3S. The van der Waals surface area contributed by atoms with Gasteiger partial charge in [-0.25, -0.2) is 4.79 Å². The van der Waals surface area contributed by atoms with Gasteiger partial charge < -0.3 is 10.2 Å². The summed E-state index contributed by atoms with van der Waals surface area (Å²) in [5, 5.41) is 18.7. The van der Waals surface area contributed by atoms with Crippen molar-refractivity contribution in [3.8, 4) is 0 Å². The Kier molecular flexibility index (Phi) is 2.28. The van der Waals surface area contributed by atoms with Crippen molar-refractivity contribution in [3.05, 3.63) is 0 Å². The van der Waals surface area contributed by atoms with Crippen LogP contribution in [0.15, 0.2) is 0 Å². The standard InChI is InChI=1S/C9H14O3S/c10-7(8(11)12)9(3-4-9)6-2-1-5-13-6/h6-7,10H,1-5H2,(H,11,12). The molecule has 1 aliphatic heterocycles. The number of hydrogen-bond acceptors (Lipinski definition) is 3. The maximum absolute atomic E-state index is 10.7. The summed E-state index contributed by atoms with van der Waals surface area (Å²) in [7, 11) is 0. The number of thioether (sulfide) groups is 1. The molecule has 0 amide bonds. The molecule has 1 saturated carbocycles. The Morgan fingerprint density at radius 3 is 2.62 bits per heavy atom. The molecule has 0 aromatic carbocycles. The highest BCUT2D eigenvalue weighted by Gasteiger charge is 2.57. The molecule has 2 aliphatic rings. The summed E-state index contributed by atoms with van der Waals surface area (Å²) < 4.78 is 0. The SMILES string of the molecule is O=C(O)C(O)C1(C2CCCS2)CC1. The van der Waals surface area contributed by atoms with Crippen molar-refractivity contribution >= 4 is 17.7 Å². The molecule has 74 valence electrons. The highest BCUT2D eigenvalue weighted by atomic mass is 32.2. The lowest BCUT2D eigenvalue weighted by Gasteiger charge is -2.24. The molecule has 2 rings (SSSR count). The van der Waals surface area contributed by atoms with E-state index in [4.69, 9.17) is 5.11 Å². The number of carboxylic acids is 1. The first kappa shape index (κ1) is 9.34. The molecule has 4 heteroatoms. The Morgan fingerprint density at radius 1 is 1.54 bits per heavy atom. The van der Waals surface area contributed by atoms with Crippen LogP contribution >= 0.6 is 11.8 Å². The van der Waals surface area contributed by atoms with Gasteiger partial charge in [0.2, 0.25) is 0 Å². The van der Waals surface area contributed by atoms with Crippen LogP contribution in [0.1, 0.15) is 25.7 Å². The molecule has 3 nitrogen and oxygen atoms in total. The Bertz CT molecular complexity index is 219. The minimum Gasteiger partial charge on any atom is -0.479 e. The predicted molar refractivity (Wildman–Crippen MR) is 50.8 cm³/mol. The summed E-state index contributed by atoms with van der Waals surface area (Å²) >= 11 is 1.83. The number of aliphatic hydroxyl groups is 1. The van der Waals surface area contributed by atoms with Crippen molar-refractivity contribution < 1.29 is 15.0 Å². The summed E-state index contributed by atoms with van der Waals surface area (Å²) in [5.74, 6) is 0.0728. The van der Waals surface area contributed by atoms with E-state index in [0.29, 0.717) is 5.25 Å². The number of carbonyl (C=O) groups is 1. The minimum absolute atomic E-state index is 0.271. The van der Waals surface area contributed by atoms with E-state index in [9.17, 15) is 9.90 Å². The van der Waals surface area contributed by atoms with Crippen LogP contribution in [0, 0.1) is 5.41 Å². The maximum atomic E-state index is 10.7. The van der Waals surface area contributed by atoms with Crippen LogP contribution in [-0.4, -0.2) is 33.3 Å². The Hall–Kier alpha value is -0.220. The third-order valence-electron chi connectivity index (χ3n) is 3.18. The van der Waals surface area contributed by atoms with E-state index in [1.807, 2.05) is 11.8 Å². The van der Waals surface area contributed by atoms with Gasteiger partial charge in [-0.15, -0.1) is 0 Å². The van der Waals surface area contributed by atoms with Crippen molar-refractivity contribution in [3.63, 3.8) is 0 Å². The molecule has 0 aromatic rings. The molecule has 0 aromatic heterocycles. The lowest BCUT2D eigenvalue weighted by atomic mass is 9.92. The van der Waals surface area contributed by atoms with Gasteiger partial charge in [-0.1, -0.05) is 0 Å². The zero-order valence-corrected chi connectivity index (χ0v) is 8.22. The van der Waals surface area contributed by atoms with E-state index in [-0.39, 0.29) is 5.41 Å². The number of rotatable bonds is 3. The normalized spacial score (nSPS) is 32.8. The van der Waals surface area contributed by atoms with Crippen LogP contribution < -0.4 is 0 Å². The number of hydrogen-bond donors (Lipinski definition) is 2. The summed E-state index contributed by atoms with van der Waals surface area (Å²) in [6.45, 7) is 0. The minimum atomic E-state index is -1.14. The average molecular weight is 202 g/mol. The van der Waals surface area contributed by atoms with E-state index < -0.39 is 12.1 Å². The molecule has 1 heterocycles. The zero-order chi connectivity index (χ0) is 9.47. The molecule has 0 radical (unpaired) electrons. The fourth-order valence-electron chi connectivity index (χ4n) is 2.19. The van der Waals surface area contributed by atoms with E-state index in [0.717, 1.165) is 25.0 Å². The Labute approximate surface area is 81.5 Å². The first-order valence-corrected chi connectivity index (χ1v) is 5.74. The van der Waals surface area contributed by atoms with Crippen LogP contribution in [0.4, 0.5) is 0 Å². The number of aliphatic hydroxyl groups excluding tert-OH is 1. The molecule has 0 bridgehead atoms. The van der Waals surface area contributed by atoms with Gasteiger partial charge in [0.15, 0.2) is 6.10 Å². The molecule has 2 N–H and O–H groups in total. The van der Waals surface area contributed by atoms with Gasteiger partial charge in [0.1, 0.15) is 0 Å². The summed E-state index contributed by atoms with van der Waals surface area (Å²) in [6.07, 6.45) is 2.89. The smallest absolute Gasteiger partial charge is 0.333 e. The maximum Gasteiger partial charge on any atom is 0.333 e. The quantitative estimate of drug-likeness (QED) is 0.719. The van der Waals surface area contributed by atoms with E-state index in [1.165, 1.54) is 6.42 Å². The van der Waals surface area contributed by atoms with E-state index in [1.54, 1.807) is 0 Å². The van der Waals surface area contributed by atoms with Crippen LogP contribution in [0.3, 0.4) is 0 Å². The summed E-state index contributed by atoms with van der Waals surface area (Å²) in [4.78, 5) is 10.7. The molecule has 13 heavy (non-hydrogen) atoms. The van der Waals surface area contributed by atoms with Gasteiger partial charge in [0.05, 0.1) is 0 Å². The third kappa shape index (κ3) is 1.46. The zero-order valence-electron chi connectivity index (χ0n) is 7.40. The van der Waals surface area contributed by atoms with E-state index >= 15 is 0 Å². The molecule has 1 saturated heterocycles. The van der Waals surface area contributed by atoms with Crippen LogP contribution in [0.25, 0.3) is 0 Å². The summed E-state index contributed by atoms with van der Waals surface area (Å²) in [6, 6.07) is 0. The first-order valence-electron chi connectivity index (χ1n) is 4.69. The van der Waals surface area contributed by atoms with E-state index in [2.05, 4.69) is 0 Å². The number of aliphatic carboxylic acids is 1. The van der Waals surface area contributed by atoms with Gasteiger partial charge in [-0.05, 0) is 31.4 Å². The Balaban J connectivity index is 2.06. The topological polar surface area (TPSA) is 57.5 Å². The second kappa shape index (κ2) is 3.17. The lowest BCUT2D eigenvalue weighted by Crippen LogP contribution is -2.36. The van der Waals surface area contributed by atoms with Gasteiger partial charge in [0.25, 0.3) is 0 Å². The lowest BCUT2D eigenvalue weighted by molar-refractivity contribution is -0.150. The molecule has 0 spiro atoms. The fraction of sp³-hybridized carbons (Fsp3) is 0.889. The van der Waals surface area contributed by atoms with Crippen LogP contribution in [0.5, 0.6) is 0 Å².